The van der Waals surface area contributed by atoms with Crippen molar-refractivity contribution >= 4 is 29.0 Å². The van der Waals surface area contributed by atoms with Crippen LogP contribution in [0.4, 0.5) is 5.69 Å². The summed E-state index contributed by atoms with van der Waals surface area (Å²) < 4.78 is 5.41. The molecule has 0 fully saturated rings. The van der Waals surface area contributed by atoms with Gasteiger partial charge in [0, 0.05) is 5.69 Å². The monoisotopic (exact) mass is 269 g/mol. The Balaban J connectivity index is 2.66. The number of nitrogens with one attached hydrogen (secondary N) is 1. The van der Waals surface area contributed by atoms with Crippen molar-refractivity contribution in [3.8, 4) is 5.75 Å². The van der Waals surface area contributed by atoms with Gasteiger partial charge in [-0.2, -0.15) is 0 Å². The van der Waals surface area contributed by atoms with Gasteiger partial charge in [-0.05, 0) is 31.5 Å². The summed E-state index contributed by atoms with van der Waals surface area (Å²) >= 11 is 6.01. The molecule has 5 heteroatoms. The highest BCUT2D eigenvalue weighted by Crippen LogP contribution is 2.27. The number of benzene rings is 1. The third-order valence-corrected chi connectivity index (χ3v) is 2.38. The van der Waals surface area contributed by atoms with E-state index in [4.69, 9.17) is 16.3 Å². The number of Topliss-reactive ketones (excluding diaryl/α,β-unsaturated/α-hetero) is 1. The molecule has 0 aliphatic carbocycles. The van der Waals surface area contributed by atoms with Crippen molar-refractivity contribution in [3.63, 3.8) is 0 Å². The molecule has 0 aliphatic rings. The van der Waals surface area contributed by atoms with Crippen LogP contribution < -0.4 is 10.1 Å². The van der Waals surface area contributed by atoms with Crippen LogP contribution in [0.15, 0.2) is 18.2 Å². The van der Waals surface area contributed by atoms with E-state index in [2.05, 4.69) is 5.32 Å². The van der Waals surface area contributed by atoms with Crippen molar-refractivity contribution in [2.24, 2.45) is 0 Å². The Bertz CT molecular complexity index is 446. The number of rotatable bonds is 6. The first-order valence-corrected chi connectivity index (χ1v) is 6.12. The summed E-state index contributed by atoms with van der Waals surface area (Å²) in [5.41, 5.74) is 0.551. The molecule has 98 valence electrons. The van der Waals surface area contributed by atoms with Crippen LogP contribution in [-0.2, 0) is 9.59 Å². The molecule has 1 rings (SSSR count). The number of carbonyl (C=O) groups is 2. The molecule has 0 atom stereocenters. The quantitative estimate of drug-likeness (QED) is 0.808. The molecule has 0 saturated carbocycles. The first-order chi connectivity index (χ1) is 8.52. The molecule has 1 aromatic rings. The maximum Gasteiger partial charge on any atom is 0.231 e. The van der Waals surface area contributed by atoms with E-state index in [9.17, 15) is 9.59 Å². The molecule has 0 saturated heterocycles. The molecule has 0 aromatic heterocycles. The Morgan fingerprint density at radius 1 is 1.39 bits per heavy atom. The standard InChI is InChI=1S/C13H16ClNO3/c1-3-6-18-12-5-4-10(8-11(12)14)15-13(17)7-9(2)16/h4-5,8H,3,6-7H2,1-2H3,(H,15,17). The van der Waals surface area contributed by atoms with E-state index in [0.29, 0.717) is 23.1 Å². The molecule has 0 unspecified atom stereocenters. The lowest BCUT2D eigenvalue weighted by Crippen LogP contribution is -2.14. The zero-order valence-corrected chi connectivity index (χ0v) is 11.2. The van der Waals surface area contributed by atoms with Crippen molar-refractivity contribution in [1.82, 2.24) is 0 Å². The Labute approximate surface area is 111 Å². The predicted octanol–water partition coefficient (Wildman–Crippen LogP) is 3.05. The van der Waals surface area contributed by atoms with Gasteiger partial charge < -0.3 is 10.1 Å². The molecule has 0 bridgehead atoms. The molecule has 0 spiro atoms. The van der Waals surface area contributed by atoms with E-state index in [1.807, 2.05) is 6.92 Å². The van der Waals surface area contributed by atoms with E-state index in [-0.39, 0.29) is 18.1 Å². The van der Waals surface area contributed by atoms with Gasteiger partial charge in [-0.25, -0.2) is 0 Å². The molecule has 1 aromatic carbocycles. The number of ether oxygens (including phenoxy) is 1. The summed E-state index contributed by atoms with van der Waals surface area (Å²) in [4.78, 5) is 22.2. The van der Waals surface area contributed by atoms with Crippen LogP contribution in [0.2, 0.25) is 5.02 Å². The predicted molar refractivity (Wildman–Crippen MR) is 71.2 cm³/mol. The third kappa shape index (κ3) is 4.75. The van der Waals surface area contributed by atoms with Crippen LogP contribution in [0.5, 0.6) is 5.75 Å². The smallest absolute Gasteiger partial charge is 0.231 e. The SMILES string of the molecule is CCCOc1ccc(NC(=O)CC(C)=O)cc1Cl. The van der Waals surface area contributed by atoms with Gasteiger partial charge in [0.25, 0.3) is 0 Å². The second-order valence-electron chi connectivity index (χ2n) is 3.92. The van der Waals surface area contributed by atoms with Gasteiger partial charge in [-0.1, -0.05) is 18.5 Å². The Hall–Kier alpha value is -1.55. The maximum atomic E-state index is 11.4. The summed E-state index contributed by atoms with van der Waals surface area (Å²) in [6.07, 6.45) is 0.763. The maximum absolute atomic E-state index is 11.4. The average molecular weight is 270 g/mol. The first-order valence-electron chi connectivity index (χ1n) is 5.74. The number of halogens is 1. The summed E-state index contributed by atoms with van der Waals surface area (Å²) in [5.74, 6) is 0.0605. The van der Waals surface area contributed by atoms with E-state index in [0.717, 1.165) is 6.42 Å². The van der Waals surface area contributed by atoms with E-state index in [1.165, 1.54) is 6.92 Å². The zero-order chi connectivity index (χ0) is 13.5. The van der Waals surface area contributed by atoms with E-state index < -0.39 is 0 Å². The van der Waals surface area contributed by atoms with Gasteiger partial charge >= 0.3 is 0 Å². The topological polar surface area (TPSA) is 55.4 Å². The minimum atomic E-state index is -0.346. The highest BCUT2D eigenvalue weighted by atomic mass is 35.5. The number of hydrogen-bond acceptors (Lipinski definition) is 3. The van der Waals surface area contributed by atoms with Crippen molar-refractivity contribution in [1.29, 1.82) is 0 Å². The summed E-state index contributed by atoms with van der Waals surface area (Å²) in [6.45, 7) is 3.97. The van der Waals surface area contributed by atoms with E-state index in [1.54, 1.807) is 18.2 Å². The number of carbonyl (C=O) groups excluding carboxylic acids is 2. The lowest BCUT2D eigenvalue weighted by Gasteiger charge is -2.09. The van der Waals surface area contributed by atoms with Crippen LogP contribution >= 0.6 is 11.6 Å². The van der Waals surface area contributed by atoms with Gasteiger partial charge in [0.15, 0.2) is 0 Å². The minimum Gasteiger partial charge on any atom is -0.492 e. The van der Waals surface area contributed by atoms with E-state index >= 15 is 0 Å². The van der Waals surface area contributed by atoms with Gasteiger partial charge in [-0.15, -0.1) is 0 Å². The van der Waals surface area contributed by atoms with Gasteiger partial charge in [-0.3, -0.25) is 9.59 Å². The molecular formula is C13H16ClNO3. The zero-order valence-electron chi connectivity index (χ0n) is 10.5. The molecule has 0 heterocycles. The number of hydrogen-bond donors (Lipinski definition) is 1. The average Bonchev–Trinajstić information content (AvgIpc) is 2.26. The number of ketones is 1. The molecule has 18 heavy (non-hydrogen) atoms. The molecule has 1 amide bonds. The lowest BCUT2D eigenvalue weighted by atomic mass is 10.2. The molecule has 0 radical (unpaired) electrons. The number of amides is 1. The first kappa shape index (κ1) is 14.5. The fourth-order valence-electron chi connectivity index (χ4n) is 1.34. The lowest BCUT2D eigenvalue weighted by molar-refractivity contribution is -0.124. The van der Waals surface area contributed by atoms with Crippen LogP contribution in [0.1, 0.15) is 26.7 Å². The number of anilines is 1. The highest BCUT2D eigenvalue weighted by Gasteiger charge is 2.07. The molecule has 4 nitrogen and oxygen atoms in total. The van der Waals surface area contributed by atoms with Gasteiger partial charge in [0.1, 0.15) is 11.5 Å². The Kier molecular flexibility index (Phi) is 5.65. The second-order valence-corrected chi connectivity index (χ2v) is 4.33. The molecule has 0 aliphatic heterocycles. The Morgan fingerprint density at radius 2 is 2.11 bits per heavy atom. The second kappa shape index (κ2) is 7.01. The molecule has 1 N–H and O–H groups in total. The van der Waals surface area contributed by atoms with Crippen molar-refractivity contribution < 1.29 is 14.3 Å². The van der Waals surface area contributed by atoms with Crippen LogP contribution in [0.25, 0.3) is 0 Å². The van der Waals surface area contributed by atoms with Crippen molar-refractivity contribution in [2.75, 3.05) is 11.9 Å². The highest BCUT2D eigenvalue weighted by molar-refractivity contribution is 6.32. The fourth-order valence-corrected chi connectivity index (χ4v) is 1.57. The summed E-state index contributed by atoms with van der Waals surface area (Å²) in [6, 6.07) is 4.99. The van der Waals surface area contributed by atoms with Gasteiger partial charge in [0.05, 0.1) is 18.1 Å². The summed E-state index contributed by atoms with van der Waals surface area (Å²) in [7, 11) is 0. The fraction of sp³-hybridized carbons (Fsp3) is 0.385. The van der Waals surface area contributed by atoms with Crippen molar-refractivity contribution in [2.45, 2.75) is 26.7 Å². The molecular weight excluding hydrogens is 254 g/mol. The Morgan fingerprint density at radius 3 is 2.67 bits per heavy atom. The van der Waals surface area contributed by atoms with Crippen LogP contribution in [0, 0.1) is 0 Å². The van der Waals surface area contributed by atoms with Crippen LogP contribution in [0.3, 0.4) is 0 Å². The van der Waals surface area contributed by atoms with Crippen molar-refractivity contribution in [3.05, 3.63) is 23.2 Å². The van der Waals surface area contributed by atoms with Crippen LogP contribution in [-0.4, -0.2) is 18.3 Å². The minimum absolute atomic E-state index is 0.133. The third-order valence-electron chi connectivity index (χ3n) is 2.09. The summed E-state index contributed by atoms with van der Waals surface area (Å²) in [5, 5.41) is 3.03. The van der Waals surface area contributed by atoms with Gasteiger partial charge in [0.2, 0.25) is 5.91 Å². The largest absolute Gasteiger partial charge is 0.492 e. The normalized spacial score (nSPS) is 9.94.